The predicted molar refractivity (Wildman–Crippen MR) is 90.5 cm³/mol. The number of hydrogen-bond acceptors (Lipinski definition) is 3. The molecule has 0 saturated carbocycles. The van der Waals surface area contributed by atoms with Crippen LogP contribution in [0.1, 0.15) is 24.9 Å². The van der Waals surface area contributed by atoms with Crippen molar-refractivity contribution in [3.8, 4) is 0 Å². The molecule has 114 valence electrons. The fraction of sp³-hybridized carbons (Fsp3) is 0.562. The minimum Gasteiger partial charge on any atom is -0.338 e. The summed E-state index contributed by atoms with van der Waals surface area (Å²) in [4.78, 5) is 16.0. The normalized spacial score (nSPS) is 23.1. The molecule has 1 aromatic rings. The summed E-state index contributed by atoms with van der Waals surface area (Å²) in [5.74, 6) is 1.97. The quantitative estimate of drug-likeness (QED) is 0.888. The lowest BCUT2D eigenvalue weighted by Crippen LogP contribution is -2.50. The van der Waals surface area contributed by atoms with Crippen molar-refractivity contribution in [2.75, 3.05) is 25.9 Å². The van der Waals surface area contributed by atoms with Crippen molar-refractivity contribution in [1.82, 2.24) is 10.2 Å². The molecule has 2 heterocycles. The third kappa shape index (κ3) is 3.01. The monoisotopic (exact) mass is 368 g/mol. The first-order valence-corrected chi connectivity index (χ1v) is 9.25. The number of carbonyl (C=O) groups is 1. The maximum atomic E-state index is 12.8. The molecule has 3 rings (SSSR count). The molecule has 2 unspecified atom stereocenters. The Bertz CT molecular complexity index is 547. The lowest BCUT2D eigenvalue weighted by molar-refractivity contribution is -0.138. The van der Waals surface area contributed by atoms with E-state index in [9.17, 15) is 4.79 Å². The smallest absolute Gasteiger partial charge is 0.226 e. The van der Waals surface area contributed by atoms with Gasteiger partial charge in [-0.05, 0) is 49.2 Å². The molecule has 2 aliphatic rings. The molecule has 1 N–H and O–H groups in total. The molecular formula is C16H21BrN2OS. The van der Waals surface area contributed by atoms with E-state index in [1.807, 2.05) is 23.7 Å². The van der Waals surface area contributed by atoms with Gasteiger partial charge in [0.15, 0.2) is 0 Å². The van der Waals surface area contributed by atoms with Gasteiger partial charge < -0.3 is 10.2 Å². The van der Waals surface area contributed by atoms with E-state index in [0.717, 1.165) is 29.7 Å². The number of halogens is 1. The fourth-order valence-electron chi connectivity index (χ4n) is 3.09. The van der Waals surface area contributed by atoms with Gasteiger partial charge in [0, 0.05) is 28.1 Å². The molecule has 1 fully saturated rings. The number of fused-ring (bicyclic) bond motifs is 1. The van der Waals surface area contributed by atoms with Crippen LogP contribution in [0.4, 0.5) is 0 Å². The van der Waals surface area contributed by atoms with E-state index in [0.29, 0.717) is 5.92 Å². The number of benzene rings is 1. The number of carbonyl (C=O) groups excluding carboxylic acids is 1. The van der Waals surface area contributed by atoms with Crippen LogP contribution in [0, 0.1) is 11.8 Å². The Balaban J connectivity index is 1.80. The minimum atomic E-state index is 0.112. The molecule has 5 heteroatoms. The van der Waals surface area contributed by atoms with Crippen LogP contribution in [0.15, 0.2) is 27.6 Å². The highest BCUT2D eigenvalue weighted by Crippen LogP contribution is 2.40. The third-order valence-corrected chi connectivity index (χ3v) is 6.32. The second kappa shape index (κ2) is 6.31. The number of hydrogen-bond donors (Lipinski definition) is 1. The van der Waals surface area contributed by atoms with Crippen LogP contribution < -0.4 is 5.32 Å². The number of amides is 1. The molecule has 1 saturated heterocycles. The summed E-state index contributed by atoms with van der Waals surface area (Å²) in [6.45, 7) is 4.02. The van der Waals surface area contributed by atoms with Crippen LogP contribution in [-0.2, 0) is 4.79 Å². The molecule has 1 aromatic carbocycles. The molecule has 1 amide bonds. The van der Waals surface area contributed by atoms with Gasteiger partial charge >= 0.3 is 0 Å². The van der Waals surface area contributed by atoms with Gasteiger partial charge in [0.2, 0.25) is 5.91 Å². The fourth-order valence-corrected chi connectivity index (χ4v) is 4.56. The summed E-state index contributed by atoms with van der Waals surface area (Å²) in [7, 11) is 1.97. The maximum absolute atomic E-state index is 12.8. The Morgan fingerprint density at radius 2 is 2.24 bits per heavy atom. The molecule has 0 bridgehead atoms. The van der Waals surface area contributed by atoms with Crippen LogP contribution in [0.5, 0.6) is 0 Å². The lowest BCUT2D eigenvalue weighted by Gasteiger charge is -2.38. The van der Waals surface area contributed by atoms with E-state index in [2.05, 4.69) is 46.4 Å². The molecule has 0 radical (unpaired) electrons. The van der Waals surface area contributed by atoms with Gasteiger partial charge in [0.1, 0.15) is 0 Å². The number of nitrogens with zero attached hydrogens (tertiary/aromatic N) is 1. The standard InChI is InChI=1S/C16H21BrN2OS/c1-10(11-8-18-9-11)16(20)19(2)14-5-6-21-15-4-3-12(17)7-13(14)15/h3-4,7,10-11,14,18H,5-6,8-9H2,1-2H3. The van der Waals surface area contributed by atoms with Crippen molar-refractivity contribution >= 4 is 33.6 Å². The summed E-state index contributed by atoms with van der Waals surface area (Å²) >= 11 is 5.45. The highest BCUT2D eigenvalue weighted by Gasteiger charge is 2.34. The van der Waals surface area contributed by atoms with Gasteiger partial charge in [-0.25, -0.2) is 0 Å². The molecule has 0 aliphatic carbocycles. The van der Waals surface area contributed by atoms with Crippen molar-refractivity contribution in [1.29, 1.82) is 0 Å². The first-order valence-electron chi connectivity index (χ1n) is 7.47. The predicted octanol–water partition coefficient (Wildman–Crippen LogP) is 3.30. The van der Waals surface area contributed by atoms with Crippen molar-refractivity contribution in [3.05, 3.63) is 28.2 Å². The summed E-state index contributed by atoms with van der Waals surface area (Å²) in [5, 5.41) is 3.26. The lowest BCUT2D eigenvalue weighted by atomic mass is 9.87. The van der Waals surface area contributed by atoms with Crippen molar-refractivity contribution in [3.63, 3.8) is 0 Å². The molecule has 21 heavy (non-hydrogen) atoms. The molecule has 3 nitrogen and oxygen atoms in total. The Morgan fingerprint density at radius 3 is 2.90 bits per heavy atom. The van der Waals surface area contributed by atoms with Crippen molar-refractivity contribution in [2.24, 2.45) is 11.8 Å². The summed E-state index contributed by atoms with van der Waals surface area (Å²) in [6, 6.07) is 6.62. The Kier molecular flexibility index (Phi) is 4.62. The average molecular weight is 369 g/mol. The Labute approximate surface area is 139 Å². The van der Waals surface area contributed by atoms with Gasteiger partial charge in [-0.2, -0.15) is 0 Å². The zero-order valence-electron chi connectivity index (χ0n) is 12.4. The molecule has 0 aromatic heterocycles. The SMILES string of the molecule is CC(C(=O)N(C)C1CCSc2ccc(Br)cc21)C1CNC1. The number of thioether (sulfide) groups is 1. The van der Waals surface area contributed by atoms with Crippen LogP contribution in [-0.4, -0.2) is 36.7 Å². The van der Waals surface area contributed by atoms with Crippen LogP contribution in [0.2, 0.25) is 0 Å². The van der Waals surface area contributed by atoms with E-state index in [1.54, 1.807) is 0 Å². The van der Waals surface area contributed by atoms with Gasteiger partial charge in [-0.1, -0.05) is 22.9 Å². The second-order valence-corrected chi connectivity index (χ2v) is 8.04. The summed E-state index contributed by atoms with van der Waals surface area (Å²) in [5.41, 5.74) is 1.29. The van der Waals surface area contributed by atoms with Crippen LogP contribution in [0.25, 0.3) is 0 Å². The Morgan fingerprint density at radius 1 is 1.48 bits per heavy atom. The van der Waals surface area contributed by atoms with Gasteiger partial charge in [0.05, 0.1) is 6.04 Å². The van der Waals surface area contributed by atoms with E-state index >= 15 is 0 Å². The van der Waals surface area contributed by atoms with E-state index in [4.69, 9.17) is 0 Å². The van der Waals surface area contributed by atoms with Crippen molar-refractivity contribution in [2.45, 2.75) is 24.3 Å². The minimum absolute atomic E-state index is 0.112. The molecule has 2 aliphatic heterocycles. The highest BCUT2D eigenvalue weighted by atomic mass is 79.9. The first kappa shape index (κ1) is 15.4. The highest BCUT2D eigenvalue weighted by molar-refractivity contribution is 9.10. The second-order valence-electron chi connectivity index (χ2n) is 5.99. The third-order valence-electron chi connectivity index (χ3n) is 4.70. The first-order chi connectivity index (χ1) is 10.1. The topological polar surface area (TPSA) is 32.3 Å². The largest absolute Gasteiger partial charge is 0.338 e. The zero-order chi connectivity index (χ0) is 15.0. The van der Waals surface area contributed by atoms with Gasteiger partial charge in [-0.15, -0.1) is 11.8 Å². The van der Waals surface area contributed by atoms with Gasteiger partial charge in [-0.3, -0.25) is 4.79 Å². The number of rotatable bonds is 3. The van der Waals surface area contributed by atoms with Crippen LogP contribution in [0.3, 0.4) is 0 Å². The maximum Gasteiger partial charge on any atom is 0.226 e. The van der Waals surface area contributed by atoms with Crippen molar-refractivity contribution < 1.29 is 4.79 Å². The van der Waals surface area contributed by atoms with E-state index in [-0.39, 0.29) is 17.9 Å². The Hall–Kier alpha value is -0.520. The molecule has 0 spiro atoms. The average Bonchev–Trinajstić information content (AvgIpc) is 2.43. The van der Waals surface area contributed by atoms with E-state index < -0.39 is 0 Å². The molecule has 2 atom stereocenters. The zero-order valence-corrected chi connectivity index (χ0v) is 14.8. The summed E-state index contributed by atoms with van der Waals surface area (Å²) < 4.78 is 1.09. The molecular weight excluding hydrogens is 348 g/mol. The van der Waals surface area contributed by atoms with Crippen LogP contribution >= 0.6 is 27.7 Å². The van der Waals surface area contributed by atoms with E-state index in [1.165, 1.54) is 10.5 Å². The van der Waals surface area contributed by atoms with Gasteiger partial charge in [0.25, 0.3) is 0 Å². The number of nitrogens with one attached hydrogen (secondary N) is 1. The summed E-state index contributed by atoms with van der Waals surface area (Å²) in [6.07, 6.45) is 1.03.